The number of fused-ring (bicyclic) bond motifs is 2. The number of benzene rings is 1. The smallest absolute Gasteiger partial charge is 0.317 e. The monoisotopic (exact) mass is 377 g/mol. The van der Waals surface area contributed by atoms with Gasteiger partial charge in [0, 0.05) is 32.1 Å². The van der Waals surface area contributed by atoms with Gasteiger partial charge in [0.05, 0.1) is 18.4 Å². The van der Waals surface area contributed by atoms with Crippen LogP contribution in [0.25, 0.3) is 22.1 Å². The fourth-order valence-electron chi connectivity index (χ4n) is 3.35. The Kier molecular flexibility index (Phi) is 4.38. The van der Waals surface area contributed by atoms with E-state index in [4.69, 9.17) is 0 Å². The number of rotatable bonds is 5. The summed E-state index contributed by atoms with van der Waals surface area (Å²) in [5, 5.41) is 1.04. The van der Waals surface area contributed by atoms with Crippen LogP contribution in [-0.4, -0.2) is 29.5 Å². The molecule has 0 N–H and O–H groups in total. The highest BCUT2D eigenvalue weighted by Crippen LogP contribution is 2.15. The third kappa shape index (κ3) is 3.02. The summed E-state index contributed by atoms with van der Waals surface area (Å²) in [6.07, 6.45) is 4.14. The van der Waals surface area contributed by atoms with E-state index in [1.165, 1.54) is 22.5 Å². The normalized spacial score (nSPS) is 11.4. The van der Waals surface area contributed by atoms with Gasteiger partial charge in [-0.2, -0.15) is 0 Å². The summed E-state index contributed by atoms with van der Waals surface area (Å²) in [4.78, 5) is 45.4. The lowest BCUT2D eigenvalue weighted by atomic mass is 10.0. The molecule has 1 aromatic carbocycles. The fraction of sp³-hybridized carbons (Fsp3) is 0.250. The third-order valence-electron chi connectivity index (χ3n) is 4.92. The molecule has 0 fully saturated rings. The minimum absolute atomic E-state index is 0.0125. The van der Waals surface area contributed by atoms with Crippen molar-refractivity contribution in [2.45, 2.75) is 19.4 Å². The summed E-state index contributed by atoms with van der Waals surface area (Å²) in [5.41, 5.74) is 1.62. The van der Waals surface area contributed by atoms with Gasteiger partial charge >= 0.3 is 5.69 Å². The predicted octanol–water partition coefficient (Wildman–Crippen LogP) is 1.18. The maximum Gasteiger partial charge on any atom is 0.332 e. The zero-order chi connectivity index (χ0) is 19.8. The number of carbonyl (C=O) groups excluding carboxylic acids is 1. The summed E-state index contributed by atoms with van der Waals surface area (Å²) in [6, 6.07) is 9.83. The van der Waals surface area contributed by atoms with E-state index in [1.54, 1.807) is 13.2 Å². The van der Waals surface area contributed by atoms with Crippen LogP contribution in [0.4, 0.5) is 0 Å². The first-order valence-corrected chi connectivity index (χ1v) is 8.92. The van der Waals surface area contributed by atoms with Gasteiger partial charge in [-0.3, -0.25) is 23.7 Å². The lowest BCUT2D eigenvalue weighted by Crippen LogP contribution is -2.37. The molecule has 0 unspecified atom stereocenters. The minimum Gasteiger partial charge on any atom is -0.317 e. The van der Waals surface area contributed by atoms with E-state index in [0.29, 0.717) is 12.8 Å². The van der Waals surface area contributed by atoms with E-state index < -0.39 is 11.2 Å². The van der Waals surface area contributed by atoms with Crippen LogP contribution in [0.2, 0.25) is 0 Å². The van der Waals surface area contributed by atoms with Crippen molar-refractivity contribution in [2.24, 2.45) is 14.1 Å². The highest BCUT2D eigenvalue weighted by molar-refractivity contribution is 5.82. The Labute approximate surface area is 159 Å². The van der Waals surface area contributed by atoms with Crippen LogP contribution < -0.4 is 11.2 Å². The summed E-state index contributed by atoms with van der Waals surface area (Å²) < 4.78 is 3.85. The molecule has 142 valence electrons. The number of aromatic nitrogens is 5. The molecule has 0 saturated heterocycles. The maximum absolute atomic E-state index is 12.5. The Bertz CT molecular complexity index is 1330. The second-order valence-electron chi connectivity index (χ2n) is 6.82. The molecule has 0 radical (unpaired) electrons. The highest BCUT2D eigenvalue weighted by Gasteiger charge is 2.16. The van der Waals surface area contributed by atoms with Gasteiger partial charge < -0.3 is 4.57 Å². The van der Waals surface area contributed by atoms with Crippen molar-refractivity contribution in [1.82, 2.24) is 23.7 Å². The molecule has 0 bridgehead atoms. The van der Waals surface area contributed by atoms with Gasteiger partial charge in [0.25, 0.3) is 5.56 Å². The van der Waals surface area contributed by atoms with E-state index in [2.05, 4.69) is 9.97 Å². The molecule has 3 aromatic heterocycles. The lowest BCUT2D eigenvalue weighted by molar-refractivity contribution is -0.119. The van der Waals surface area contributed by atoms with Crippen molar-refractivity contribution in [3.05, 3.63) is 69.3 Å². The first kappa shape index (κ1) is 17.8. The Morgan fingerprint density at radius 2 is 1.89 bits per heavy atom. The second kappa shape index (κ2) is 6.88. The number of imidazole rings is 1. The SMILES string of the molecule is Cn1c(=O)c2c(ncn2CC(=O)CCc2ccc3ncccc3c2)n(C)c1=O. The number of nitrogens with zero attached hydrogens (tertiary/aromatic N) is 5. The topological polar surface area (TPSA) is 91.8 Å². The van der Waals surface area contributed by atoms with Crippen molar-refractivity contribution in [1.29, 1.82) is 0 Å². The van der Waals surface area contributed by atoms with Crippen molar-refractivity contribution in [3.63, 3.8) is 0 Å². The van der Waals surface area contributed by atoms with Gasteiger partial charge in [-0.15, -0.1) is 0 Å². The maximum atomic E-state index is 12.5. The zero-order valence-corrected chi connectivity index (χ0v) is 15.6. The number of hydrogen-bond donors (Lipinski definition) is 0. The quantitative estimate of drug-likeness (QED) is 0.521. The lowest BCUT2D eigenvalue weighted by Gasteiger charge is -2.07. The van der Waals surface area contributed by atoms with Crippen LogP contribution >= 0.6 is 0 Å². The Balaban J connectivity index is 1.54. The Morgan fingerprint density at radius 1 is 1.07 bits per heavy atom. The van der Waals surface area contributed by atoms with Crippen LogP contribution in [0.15, 0.2) is 52.4 Å². The van der Waals surface area contributed by atoms with Gasteiger partial charge in [0.2, 0.25) is 0 Å². The number of hydrogen-bond acceptors (Lipinski definition) is 5. The zero-order valence-electron chi connectivity index (χ0n) is 15.6. The van der Waals surface area contributed by atoms with Gasteiger partial charge in [0.1, 0.15) is 0 Å². The molecule has 0 aliphatic rings. The first-order chi connectivity index (χ1) is 13.5. The molecule has 3 heterocycles. The summed E-state index contributed by atoms with van der Waals surface area (Å²) in [7, 11) is 2.97. The van der Waals surface area contributed by atoms with E-state index in [9.17, 15) is 14.4 Å². The van der Waals surface area contributed by atoms with Crippen molar-refractivity contribution in [3.8, 4) is 0 Å². The average molecular weight is 377 g/mol. The molecule has 4 rings (SSSR count). The van der Waals surface area contributed by atoms with Crippen LogP contribution in [-0.2, 0) is 31.9 Å². The Morgan fingerprint density at radius 3 is 2.71 bits per heavy atom. The molecule has 0 saturated carbocycles. The first-order valence-electron chi connectivity index (χ1n) is 8.92. The van der Waals surface area contributed by atoms with Crippen LogP contribution in [0.3, 0.4) is 0 Å². The number of carbonyl (C=O) groups is 1. The highest BCUT2D eigenvalue weighted by atomic mass is 16.2. The molecule has 8 heteroatoms. The summed E-state index contributed by atoms with van der Waals surface area (Å²) in [5.74, 6) is -0.0125. The number of ketones is 1. The van der Waals surface area contributed by atoms with Crippen molar-refractivity contribution < 1.29 is 4.79 Å². The standard InChI is InChI=1S/C20H19N5O3/c1-23-18-17(19(27)24(2)20(23)28)25(12-22-18)11-15(26)7-5-13-6-8-16-14(10-13)4-3-9-21-16/h3-4,6,8-10,12H,5,7,11H2,1-2H3. The third-order valence-corrected chi connectivity index (χ3v) is 4.92. The molecule has 0 atom stereocenters. The van der Waals surface area contributed by atoms with Crippen LogP contribution in [0, 0.1) is 0 Å². The largest absolute Gasteiger partial charge is 0.332 e. The van der Waals surface area contributed by atoms with E-state index in [1.807, 2.05) is 30.3 Å². The van der Waals surface area contributed by atoms with E-state index in [0.717, 1.165) is 21.0 Å². The van der Waals surface area contributed by atoms with Crippen molar-refractivity contribution in [2.75, 3.05) is 0 Å². The van der Waals surface area contributed by atoms with E-state index in [-0.39, 0.29) is 23.5 Å². The van der Waals surface area contributed by atoms with Gasteiger partial charge in [0.15, 0.2) is 16.9 Å². The van der Waals surface area contributed by atoms with Gasteiger partial charge in [-0.1, -0.05) is 12.1 Å². The molecule has 4 aromatic rings. The van der Waals surface area contributed by atoms with Crippen molar-refractivity contribution >= 4 is 27.9 Å². The molecule has 0 amide bonds. The van der Waals surface area contributed by atoms with Gasteiger partial charge in [-0.05, 0) is 30.2 Å². The van der Waals surface area contributed by atoms with Gasteiger partial charge in [-0.25, -0.2) is 9.78 Å². The number of pyridine rings is 1. The fourth-order valence-corrected chi connectivity index (χ4v) is 3.35. The molecule has 8 nitrogen and oxygen atoms in total. The molecular formula is C20H19N5O3. The average Bonchev–Trinajstić information content (AvgIpc) is 3.12. The summed E-state index contributed by atoms with van der Waals surface area (Å²) in [6.45, 7) is 0.0408. The molecule has 0 spiro atoms. The molecule has 28 heavy (non-hydrogen) atoms. The minimum atomic E-state index is -0.453. The summed E-state index contributed by atoms with van der Waals surface area (Å²) >= 11 is 0. The molecule has 0 aliphatic heterocycles. The molecule has 0 aliphatic carbocycles. The number of Topliss-reactive ketones (excluding diaryl/α,β-unsaturated/α-hetero) is 1. The Hall–Kier alpha value is -3.55. The predicted molar refractivity (Wildman–Crippen MR) is 105 cm³/mol. The van der Waals surface area contributed by atoms with E-state index >= 15 is 0 Å². The molecular weight excluding hydrogens is 358 g/mol. The van der Waals surface area contributed by atoms with Crippen LogP contribution in [0.1, 0.15) is 12.0 Å². The van der Waals surface area contributed by atoms with Crippen LogP contribution in [0.5, 0.6) is 0 Å². The number of aryl methyl sites for hydroxylation is 2. The second-order valence-corrected chi connectivity index (χ2v) is 6.82.